The fraction of sp³-hybridized carbons (Fsp3) is 0.167. The lowest BCUT2D eigenvalue weighted by Gasteiger charge is -2.11. The van der Waals surface area contributed by atoms with Crippen LogP contribution in [0.4, 0.5) is 5.69 Å². The minimum Gasteiger partial charge on any atom is -0.495 e. The average molecular weight is 374 g/mol. The molecule has 0 atom stereocenters. The van der Waals surface area contributed by atoms with Crippen molar-refractivity contribution in [1.29, 1.82) is 0 Å². The molecule has 0 unspecified atom stereocenters. The zero-order valence-electron chi connectivity index (χ0n) is 14.2. The monoisotopic (exact) mass is 373 g/mol. The lowest BCUT2D eigenvalue weighted by molar-refractivity contribution is -0.118. The number of amides is 1. The number of aromatic nitrogens is 2. The molecular weight excluding hydrogens is 358 g/mol. The van der Waals surface area contributed by atoms with Crippen molar-refractivity contribution < 1.29 is 18.7 Å². The van der Waals surface area contributed by atoms with E-state index in [1.165, 1.54) is 7.11 Å². The Morgan fingerprint density at radius 3 is 2.62 bits per heavy atom. The molecule has 2 aromatic carbocycles. The van der Waals surface area contributed by atoms with Gasteiger partial charge in [0.05, 0.1) is 12.8 Å². The van der Waals surface area contributed by atoms with Crippen molar-refractivity contribution in [2.75, 3.05) is 19.0 Å². The highest BCUT2D eigenvalue weighted by molar-refractivity contribution is 6.31. The maximum Gasteiger partial charge on any atom is 0.262 e. The van der Waals surface area contributed by atoms with Crippen LogP contribution in [-0.2, 0) is 4.79 Å². The van der Waals surface area contributed by atoms with Crippen LogP contribution < -0.4 is 14.8 Å². The summed E-state index contributed by atoms with van der Waals surface area (Å²) in [5.41, 5.74) is 1.25. The minimum atomic E-state index is -0.331. The summed E-state index contributed by atoms with van der Waals surface area (Å²) in [6.45, 7) is 1.57. The van der Waals surface area contributed by atoms with Gasteiger partial charge in [0, 0.05) is 17.5 Å². The van der Waals surface area contributed by atoms with Crippen molar-refractivity contribution in [2.24, 2.45) is 0 Å². The van der Waals surface area contributed by atoms with E-state index in [0.29, 0.717) is 34.0 Å². The van der Waals surface area contributed by atoms with Crippen LogP contribution in [0.1, 0.15) is 5.89 Å². The molecule has 1 N–H and O–H groups in total. The molecule has 0 radical (unpaired) electrons. The van der Waals surface area contributed by atoms with Crippen LogP contribution in [0.25, 0.3) is 11.5 Å². The molecule has 0 fully saturated rings. The van der Waals surface area contributed by atoms with Crippen molar-refractivity contribution in [2.45, 2.75) is 6.92 Å². The normalized spacial score (nSPS) is 10.4. The van der Waals surface area contributed by atoms with Gasteiger partial charge in [0.25, 0.3) is 5.91 Å². The van der Waals surface area contributed by atoms with Crippen molar-refractivity contribution in [3.8, 4) is 23.0 Å². The Balaban J connectivity index is 1.59. The number of nitrogens with one attached hydrogen (secondary N) is 1. The molecule has 0 aliphatic heterocycles. The first kappa shape index (κ1) is 17.8. The van der Waals surface area contributed by atoms with Gasteiger partial charge >= 0.3 is 0 Å². The lowest BCUT2D eigenvalue weighted by atomic mass is 10.2. The molecule has 8 heteroatoms. The quantitative estimate of drug-likeness (QED) is 0.708. The number of methoxy groups -OCH3 is 1. The van der Waals surface area contributed by atoms with Gasteiger partial charge in [-0.3, -0.25) is 4.79 Å². The molecule has 0 aliphatic rings. The van der Waals surface area contributed by atoms with Crippen LogP contribution in [0.5, 0.6) is 11.5 Å². The van der Waals surface area contributed by atoms with Crippen LogP contribution >= 0.6 is 11.6 Å². The predicted molar refractivity (Wildman–Crippen MR) is 96.6 cm³/mol. The zero-order valence-corrected chi connectivity index (χ0v) is 14.9. The summed E-state index contributed by atoms with van der Waals surface area (Å²) in [5.74, 6) is 1.65. The standard InChI is InChI=1S/C18H16ClN3O4/c1-11-21-22-18(26-11)12-3-6-14(7-4-12)25-10-17(23)20-15-9-13(19)5-8-16(15)24-2/h3-9H,10H2,1-2H3,(H,20,23). The first-order chi connectivity index (χ1) is 12.5. The van der Waals surface area contributed by atoms with E-state index in [1.54, 1.807) is 49.4 Å². The van der Waals surface area contributed by atoms with Gasteiger partial charge in [-0.15, -0.1) is 10.2 Å². The number of carbonyl (C=O) groups excluding carboxylic acids is 1. The summed E-state index contributed by atoms with van der Waals surface area (Å²) in [6.07, 6.45) is 0. The van der Waals surface area contributed by atoms with E-state index in [1.807, 2.05) is 0 Å². The van der Waals surface area contributed by atoms with Crippen LogP contribution in [0.2, 0.25) is 5.02 Å². The second kappa shape index (κ2) is 7.88. The molecule has 0 saturated carbocycles. The number of rotatable bonds is 6. The SMILES string of the molecule is COc1ccc(Cl)cc1NC(=O)COc1ccc(-c2nnc(C)o2)cc1. The largest absolute Gasteiger partial charge is 0.495 e. The zero-order chi connectivity index (χ0) is 18.5. The number of benzene rings is 2. The summed E-state index contributed by atoms with van der Waals surface area (Å²) in [5, 5.41) is 10.9. The van der Waals surface area contributed by atoms with E-state index < -0.39 is 0 Å². The van der Waals surface area contributed by atoms with E-state index in [9.17, 15) is 4.79 Å². The number of nitrogens with zero attached hydrogens (tertiary/aromatic N) is 2. The number of hydrogen-bond donors (Lipinski definition) is 1. The van der Waals surface area contributed by atoms with Crippen LogP contribution in [0.3, 0.4) is 0 Å². The molecule has 3 rings (SSSR count). The van der Waals surface area contributed by atoms with Crippen LogP contribution in [0.15, 0.2) is 46.9 Å². The Morgan fingerprint density at radius 2 is 1.96 bits per heavy atom. The number of aryl methyl sites for hydroxylation is 1. The summed E-state index contributed by atoms with van der Waals surface area (Å²) >= 11 is 5.94. The minimum absolute atomic E-state index is 0.158. The second-order valence-corrected chi connectivity index (χ2v) is 5.77. The Morgan fingerprint density at radius 1 is 1.19 bits per heavy atom. The number of halogens is 1. The number of hydrogen-bond acceptors (Lipinski definition) is 6. The Bertz CT molecular complexity index is 909. The highest BCUT2D eigenvalue weighted by Crippen LogP contribution is 2.27. The van der Waals surface area contributed by atoms with Crippen molar-refractivity contribution in [1.82, 2.24) is 10.2 Å². The van der Waals surface area contributed by atoms with E-state index in [-0.39, 0.29) is 12.5 Å². The summed E-state index contributed by atoms with van der Waals surface area (Å²) < 4.78 is 16.0. The predicted octanol–water partition coefficient (Wildman–Crippen LogP) is 3.72. The van der Waals surface area contributed by atoms with Crippen molar-refractivity contribution in [3.63, 3.8) is 0 Å². The second-order valence-electron chi connectivity index (χ2n) is 5.33. The van der Waals surface area contributed by atoms with Crippen LogP contribution in [0, 0.1) is 6.92 Å². The molecule has 0 spiro atoms. The van der Waals surface area contributed by atoms with E-state index in [0.717, 1.165) is 5.56 Å². The van der Waals surface area contributed by atoms with Crippen LogP contribution in [-0.4, -0.2) is 29.8 Å². The third kappa shape index (κ3) is 4.31. The fourth-order valence-corrected chi connectivity index (χ4v) is 2.39. The average Bonchev–Trinajstić information content (AvgIpc) is 3.07. The third-order valence-electron chi connectivity index (χ3n) is 3.43. The van der Waals surface area contributed by atoms with Gasteiger partial charge in [-0.2, -0.15) is 0 Å². The molecule has 0 saturated heterocycles. The topological polar surface area (TPSA) is 86.5 Å². The molecule has 134 valence electrons. The Labute approximate surface area is 154 Å². The fourth-order valence-electron chi connectivity index (χ4n) is 2.22. The molecule has 7 nitrogen and oxygen atoms in total. The van der Waals surface area contributed by atoms with Gasteiger partial charge in [0.15, 0.2) is 6.61 Å². The molecule has 1 aromatic heterocycles. The number of ether oxygens (including phenoxy) is 2. The molecular formula is C18H16ClN3O4. The maximum absolute atomic E-state index is 12.1. The van der Waals surface area contributed by atoms with E-state index in [2.05, 4.69) is 15.5 Å². The number of carbonyl (C=O) groups is 1. The maximum atomic E-state index is 12.1. The highest BCUT2D eigenvalue weighted by Gasteiger charge is 2.10. The van der Waals surface area contributed by atoms with Gasteiger partial charge in [0.2, 0.25) is 11.8 Å². The van der Waals surface area contributed by atoms with Gasteiger partial charge in [0.1, 0.15) is 11.5 Å². The highest BCUT2D eigenvalue weighted by atomic mass is 35.5. The Kier molecular flexibility index (Phi) is 5.38. The summed E-state index contributed by atoms with van der Waals surface area (Å²) in [4.78, 5) is 12.1. The van der Waals surface area contributed by atoms with Gasteiger partial charge in [-0.1, -0.05) is 11.6 Å². The number of anilines is 1. The van der Waals surface area contributed by atoms with Gasteiger partial charge < -0.3 is 19.2 Å². The summed E-state index contributed by atoms with van der Waals surface area (Å²) in [6, 6.07) is 12.0. The first-order valence-electron chi connectivity index (χ1n) is 7.72. The first-order valence-corrected chi connectivity index (χ1v) is 8.09. The molecule has 0 bridgehead atoms. The van der Waals surface area contributed by atoms with Crippen molar-refractivity contribution in [3.05, 3.63) is 53.4 Å². The van der Waals surface area contributed by atoms with Gasteiger partial charge in [-0.05, 0) is 42.5 Å². The molecule has 0 aliphatic carbocycles. The van der Waals surface area contributed by atoms with Crippen molar-refractivity contribution >= 4 is 23.2 Å². The molecule has 1 heterocycles. The molecule has 1 amide bonds. The van der Waals surface area contributed by atoms with E-state index in [4.69, 9.17) is 25.5 Å². The third-order valence-corrected chi connectivity index (χ3v) is 3.67. The summed E-state index contributed by atoms with van der Waals surface area (Å²) in [7, 11) is 1.52. The Hall–Kier alpha value is -3.06. The smallest absolute Gasteiger partial charge is 0.262 e. The van der Waals surface area contributed by atoms with Gasteiger partial charge in [-0.25, -0.2) is 0 Å². The lowest BCUT2D eigenvalue weighted by Crippen LogP contribution is -2.20. The molecule has 26 heavy (non-hydrogen) atoms. The van der Waals surface area contributed by atoms with E-state index >= 15 is 0 Å². The molecule has 3 aromatic rings.